The van der Waals surface area contributed by atoms with Crippen LogP contribution >= 0.6 is 0 Å². The van der Waals surface area contributed by atoms with Crippen molar-refractivity contribution in [1.29, 1.82) is 0 Å². The topological polar surface area (TPSA) is 167 Å². The highest BCUT2D eigenvalue weighted by Crippen LogP contribution is 2.35. The maximum atomic E-state index is 14.8. The minimum absolute atomic E-state index is 0.0262. The summed E-state index contributed by atoms with van der Waals surface area (Å²) in [5.74, 6) is 6.90. The molecule has 4 aromatic rings. The van der Waals surface area contributed by atoms with Crippen LogP contribution in [0.25, 0.3) is 22.3 Å². The molecule has 55 heavy (non-hydrogen) atoms. The van der Waals surface area contributed by atoms with E-state index in [0.717, 1.165) is 41.1 Å². The number of aromatic nitrogens is 4. The third kappa shape index (κ3) is 8.81. The lowest BCUT2D eigenvalue weighted by Gasteiger charge is -2.29. The SMILES string of the molecule is COO/C=N\[C@H](C(=O)N1CCC[C@H]1c1ncc(-c2ccc(C#Cc3ccc4nc([C@@H]5C[C@@H](F)CN5C(=O)[C@@H](NC(=O)OC)C(C)C)[nH]c4c3)cc2)[nH]1)C(C)C. The minimum Gasteiger partial charge on any atom is -0.453 e. The number of alkyl halides is 1. The number of halogens is 1. The van der Waals surface area contributed by atoms with E-state index in [-0.39, 0.29) is 42.7 Å². The molecule has 4 heterocycles. The van der Waals surface area contributed by atoms with E-state index in [4.69, 9.17) is 14.6 Å². The molecule has 5 atom stereocenters. The molecule has 2 aliphatic rings. The molecule has 6 rings (SSSR count). The third-order valence-electron chi connectivity index (χ3n) is 9.98. The number of amides is 3. The number of aromatic amines is 2. The number of methoxy groups -OCH3 is 1. The first-order chi connectivity index (χ1) is 26.5. The number of H-pyrrole nitrogens is 2. The second-order valence-corrected chi connectivity index (χ2v) is 14.5. The van der Waals surface area contributed by atoms with Gasteiger partial charge in [0.2, 0.25) is 18.2 Å². The second kappa shape index (κ2) is 17.2. The van der Waals surface area contributed by atoms with Crippen molar-refractivity contribution < 1.29 is 33.3 Å². The van der Waals surface area contributed by atoms with Crippen LogP contribution in [0, 0.1) is 23.7 Å². The average molecular weight is 755 g/mol. The van der Waals surface area contributed by atoms with E-state index in [2.05, 4.69) is 42.0 Å². The first kappa shape index (κ1) is 39.0. The van der Waals surface area contributed by atoms with Crippen LogP contribution in [-0.2, 0) is 24.1 Å². The Morgan fingerprint density at radius 1 is 0.964 bits per heavy atom. The van der Waals surface area contributed by atoms with Gasteiger partial charge >= 0.3 is 6.09 Å². The summed E-state index contributed by atoms with van der Waals surface area (Å²) in [5, 5.41) is 2.58. The van der Waals surface area contributed by atoms with Gasteiger partial charge in [-0.15, -0.1) is 0 Å². The maximum absolute atomic E-state index is 14.8. The highest BCUT2D eigenvalue weighted by molar-refractivity contribution is 5.87. The Bertz CT molecular complexity index is 2080. The molecule has 0 radical (unpaired) electrons. The van der Waals surface area contributed by atoms with Crippen molar-refractivity contribution in [2.75, 3.05) is 27.3 Å². The highest BCUT2D eigenvalue weighted by atomic mass is 19.1. The van der Waals surface area contributed by atoms with Crippen LogP contribution in [0.1, 0.15) is 81.8 Å². The first-order valence-electron chi connectivity index (χ1n) is 18.4. The molecule has 3 N–H and O–H groups in total. The molecule has 2 aliphatic heterocycles. The zero-order valence-electron chi connectivity index (χ0n) is 31.8. The normalized spacial score (nSPS) is 19.5. The number of rotatable bonds is 11. The number of hydrogen-bond donors (Lipinski definition) is 3. The summed E-state index contributed by atoms with van der Waals surface area (Å²) in [5.41, 5.74) is 4.72. The fraction of sp³-hybridized carbons (Fsp3) is 0.450. The van der Waals surface area contributed by atoms with E-state index < -0.39 is 30.4 Å². The molecule has 2 saturated heterocycles. The van der Waals surface area contributed by atoms with Gasteiger partial charge in [-0.2, -0.15) is 4.89 Å². The fourth-order valence-electron chi connectivity index (χ4n) is 7.10. The minimum atomic E-state index is -1.23. The van der Waals surface area contributed by atoms with Gasteiger partial charge in [-0.05, 0) is 60.6 Å². The number of carbonyl (C=O) groups excluding carboxylic acids is 3. The summed E-state index contributed by atoms with van der Waals surface area (Å²) >= 11 is 0. The fourth-order valence-corrected chi connectivity index (χ4v) is 7.10. The molecule has 15 heteroatoms. The van der Waals surface area contributed by atoms with Gasteiger partial charge in [-0.1, -0.05) is 51.7 Å². The Balaban J connectivity index is 1.13. The van der Waals surface area contributed by atoms with Crippen LogP contribution in [0.2, 0.25) is 0 Å². The van der Waals surface area contributed by atoms with Gasteiger partial charge in [0.05, 0.1) is 55.8 Å². The summed E-state index contributed by atoms with van der Waals surface area (Å²) in [4.78, 5) is 71.9. The number of hydrogen-bond acceptors (Lipinski definition) is 9. The Hall–Kier alpha value is -5.75. The number of likely N-dealkylation sites (tertiary alicyclic amines) is 2. The van der Waals surface area contributed by atoms with Crippen LogP contribution < -0.4 is 5.32 Å². The van der Waals surface area contributed by atoms with E-state index >= 15 is 0 Å². The molecule has 14 nitrogen and oxygen atoms in total. The maximum Gasteiger partial charge on any atom is 0.407 e. The monoisotopic (exact) mass is 754 g/mol. The van der Waals surface area contributed by atoms with E-state index in [0.29, 0.717) is 23.4 Å². The number of fused-ring (bicyclic) bond motifs is 1. The highest BCUT2D eigenvalue weighted by Gasteiger charge is 2.42. The third-order valence-corrected chi connectivity index (χ3v) is 9.98. The number of benzene rings is 2. The Labute approximate surface area is 319 Å². The van der Waals surface area contributed by atoms with Crippen LogP contribution in [0.3, 0.4) is 0 Å². The number of nitrogens with one attached hydrogen (secondary N) is 3. The molecule has 0 unspecified atom stereocenters. The average Bonchev–Trinajstić information content (AvgIpc) is 4.00. The predicted molar refractivity (Wildman–Crippen MR) is 203 cm³/mol. The quantitative estimate of drug-likeness (QED) is 0.0582. The van der Waals surface area contributed by atoms with E-state index in [1.807, 2.05) is 75.1 Å². The summed E-state index contributed by atoms with van der Waals surface area (Å²) in [6, 6.07) is 11.1. The molecular formula is C40H47FN8O6. The van der Waals surface area contributed by atoms with E-state index in [1.54, 1.807) is 6.20 Å². The van der Waals surface area contributed by atoms with Crippen molar-refractivity contribution in [3.05, 3.63) is 71.4 Å². The van der Waals surface area contributed by atoms with Crippen molar-refractivity contribution in [1.82, 2.24) is 35.1 Å². The van der Waals surface area contributed by atoms with Gasteiger partial charge in [0.15, 0.2) is 0 Å². The molecule has 2 fully saturated rings. The lowest BCUT2D eigenvalue weighted by molar-refractivity contribution is -0.188. The van der Waals surface area contributed by atoms with Gasteiger partial charge < -0.3 is 34.7 Å². The Morgan fingerprint density at radius 2 is 1.71 bits per heavy atom. The number of imidazole rings is 2. The van der Waals surface area contributed by atoms with Gasteiger partial charge in [-0.25, -0.2) is 24.1 Å². The lowest BCUT2D eigenvalue weighted by atomic mass is 10.0. The zero-order valence-corrected chi connectivity index (χ0v) is 31.8. The second-order valence-electron chi connectivity index (χ2n) is 14.5. The van der Waals surface area contributed by atoms with Crippen molar-refractivity contribution in [2.45, 2.75) is 77.3 Å². The number of aliphatic imine (C=N–C) groups is 1. The summed E-state index contributed by atoms with van der Waals surface area (Å²) < 4.78 is 19.5. The predicted octanol–water partition coefficient (Wildman–Crippen LogP) is 5.64. The summed E-state index contributed by atoms with van der Waals surface area (Å²) in [7, 11) is 2.61. The van der Waals surface area contributed by atoms with Crippen molar-refractivity contribution in [3.63, 3.8) is 0 Å². The largest absolute Gasteiger partial charge is 0.453 e. The number of alkyl carbamates (subject to hydrolysis) is 1. The van der Waals surface area contributed by atoms with Crippen molar-refractivity contribution >= 4 is 35.3 Å². The summed E-state index contributed by atoms with van der Waals surface area (Å²) in [6.45, 7) is 8.04. The van der Waals surface area contributed by atoms with Gasteiger partial charge in [0, 0.05) is 24.1 Å². The number of ether oxygens (including phenoxy) is 1. The van der Waals surface area contributed by atoms with Crippen LogP contribution in [0.4, 0.5) is 9.18 Å². The van der Waals surface area contributed by atoms with Crippen molar-refractivity contribution in [2.24, 2.45) is 16.8 Å². The Morgan fingerprint density at radius 3 is 2.42 bits per heavy atom. The molecule has 290 valence electrons. The van der Waals surface area contributed by atoms with E-state index in [9.17, 15) is 18.8 Å². The number of nitrogens with zero attached hydrogens (tertiary/aromatic N) is 5. The molecule has 0 bridgehead atoms. The smallest absolute Gasteiger partial charge is 0.407 e. The standard InChI is InChI=1S/C40H47FN8O6/c1-23(2)34(43-22-55-54-6)38(50)48-17-7-8-32(48)36-42-20-31(46-36)27-14-11-25(12-15-27)9-10-26-13-16-29-30(18-26)45-37(44-29)33-19-28(41)21-49(33)39(51)35(24(3)4)47-40(52)53-5/h11-16,18,20,22-24,28,32-35H,7-8,17,19,21H2,1-6H3,(H,42,46)(H,44,45)(H,47,52)/b43-22-/t28-,32+,33+,34+,35+/m1/s1. The van der Waals surface area contributed by atoms with Gasteiger partial charge in [0.25, 0.3) is 0 Å². The lowest BCUT2D eigenvalue weighted by Crippen LogP contribution is -2.51. The van der Waals surface area contributed by atoms with Crippen LogP contribution in [0.15, 0.2) is 53.7 Å². The molecule has 0 spiro atoms. The van der Waals surface area contributed by atoms with Crippen molar-refractivity contribution in [3.8, 4) is 23.1 Å². The first-order valence-corrected chi connectivity index (χ1v) is 18.4. The van der Waals surface area contributed by atoms with E-state index in [1.165, 1.54) is 25.5 Å². The Kier molecular flexibility index (Phi) is 12.1. The van der Waals surface area contributed by atoms with Gasteiger partial charge in [0.1, 0.15) is 29.9 Å². The van der Waals surface area contributed by atoms with Gasteiger partial charge in [-0.3, -0.25) is 9.59 Å². The summed E-state index contributed by atoms with van der Waals surface area (Å²) in [6.07, 6.45) is 2.76. The molecule has 2 aromatic heterocycles. The molecule has 3 amide bonds. The molecule has 2 aromatic carbocycles. The van der Waals surface area contributed by atoms with Crippen LogP contribution in [-0.4, -0.2) is 99.6 Å². The molecular weight excluding hydrogens is 707 g/mol. The van der Waals surface area contributed by atoms with Crippen LogP contribution in [0.5, 0.6) is 0 Å². The molecule has 0 aliphatic carbocycles. The molecule has 0 saturated carbocycles. The zero-order chi connectivity index (χ0) is 39.2. The number of carbonyl (C=O) groups is 3.